The van der Waals surface area contributed by atoms with E-state index in [9.17, 15) is 14.4 Å². The van der Waals surface area contributed by atoms with Crippen molar-refractivity contribution in [1.29, 1.82) is 0 Å². The fraction of sp³-hybridized carbons (Fsp3) is 0.483. The largest absolute Gasteiger partial charge is 0.481 e. The van der Waals surface area contributed by atoms with Crippen molar-refractivity contribution in [3.05, 3.63) is 71.3 Å². The molecule has 2 aliphatic rings. The van der Waals surface area contributed by atoms with E-state index in [1.807, 2.05) is 73.3 Å². The number of carbonyl (C=O) groups is 3. The molecule has 38 heavy (non-hydrogen) atoms. The Morgan fingerprint density at radius 2 is 1.68 bits per heavy atom. The predicted molar refractivity (Wildman–Crippen MR) is 141 cm³/mol. The number of rotatable bonds is 9. The molecule has 2 aromatic rings. The Labute approximate surface area is 223 Å². The second-order valence-corrected chi connectivity index (χ2v) is 10.1. The van der Waals surface area contributed by atoms with Crippen LogP contribution < -0.4 is 5.32 Å². The number of benzene rings is 2. The lowest BCUT2D eigenvalue weighted by molar-refractivity contribution is -0.137. The summed E-state index contributed by atoms with van der Waals surface area (Å²) in [5.41, 5.74) is 3.08. The van der Waals surface area contributed by atoms with E-state index < -0.39 is 12.1 Å². The van der Waals surface area contributed by atoms with Crippen molar-refractivity contribution in [3.63, 3.8) is 0 Å². The van der Waals surface area contributed by atoms with Gasteiger partial charge in [0, 0.05) is 25.2 Å². The van der Waals surface area contributed by atoms with Crippen molar-refractivity contribution < 1.29 is 29.0 Å². The molecular formula is C29H37N3O6. The van der Waals surface area contributed by atoms with Crippen LogP contribution in [0.25, 0.3) is 0 Å². The maximum atomic E-state index is 12.9. The topological polar surface area (TPSA) is 108 Å². The molecule has 9 nitrogen and oxygen atoms in total. The van der Waals surface area contributed by atoms with Crippen LogP contribution in [-0.4, -0.2) is 70.8 Å². The van der Waals surface area contributed by atoms with Crippen LogP contribution in [0.2, 0.25) is 0 Å². The molecule has 1 saturated heterocycles. The number of carboxylic acid groups (broad SMARTS) is 1. The van der Waals surface area contributed by atoms with E-state index in [0.717, 1.165) is 23.1 Å². The number of amides is 2. The summed E-state index contributed by atoms with van der Waals surface area (Å²) in [6, 6.07) is 17.3. The van der Waals surface area contributed by atoms with Gasteiger partial charge < -0.3 is 24.8 Å². The third-order valence-electron chi connectivity index (χ3n) is 7.32. The third-order valence-corrected chi connectivity index (χ3v) is 7.32. The van der Waals surface area contributed by atoms with Gasteiger partial charge in [-0.3, -0.25) is 14.5 Å². The van der Waals surface area contributed by atoms with Crippen LogP contribution >= 0.6 is 0 Å². The molecule has 3 atom stereocenters. The van der Waals surface area contributed by atoms with Gasteiger partial charge in [-0.15, -0.1) is 0 Å². The second-order valence-electron chi connectivity index (χ2n) is 10.1. The number of likely N-dealkylation sites (tertiary alicyclic amines) is 1. The van der Waals surface area contributed by atoms with Gasteiger partial charge in [-0.2, -0.15) is 0 Å². The fourth-order valence-electron chi connectivity index (χ4n) is 5.46. The first kappa shape index (κ1) is 27.6. The average Bonchev–Trinajstić information content (AvgIpc) is 2.90. The van der Waals surface area contributed by atoms with Gasteiger partial charge in [-0.25, -0.2) is 4.79 Å². The average molecular weight is 524 g/mol. The summed E-state index contributed by atoms with van der Waals surface area (Å²) in [4.78, 5) is 40.6. The summed E-state index contributed by atoms with van der Waals surface area (Å²) in [7, 11) is 0. The molecule has 0 saturated carbocycles. The molecular weight excluding hydrogens is 486 g/mol. The molecule has 2 heterocycles. The molecule has 204 valence electrons. The molecule has 9 heteroatoms. The van der Waals surface area contributed by atoms with Crippen LogP contribution in [0.1, 0.15) is 56.0 Å². The van der Waals surface area contributed by atoms with Crippen molar-refractivity contribution in [2.45, 2.75) is 70.5 Å². The molecule has 4 rings (SSSR count). The van der Waals surface area contributed by atoms with Crippen LogP contribution in [-0.2, 0) is 32.1 Å². The van der Waals surface area contributed by atoms with Crippen LogP contribution in [0.5, 0.6) is 0 Å². The van der Waals surface area contributed by atoms with Gasteiger partial charge in [0.05, 0.1) is 12.5 Å². The molecule has 0 bridgehead atoms. The normalized spacial score (nSPS) is 23.4. The number of fused-ring (bicyclic) bond motifs is 1. The number of carbonyl (C=O) groups excluding carboxylic acids is 2. The van der Waals surface area contributed by atoms with E-state index in [1.54, 1.807) is 4.90 Å². The van der Waals surface area contributed by atoms with Gasteiger partial charge in [0.15, 0.2) is 0 Å². The second kappa shape index (κ2) is 12.9. The highest BCUT2D eigenvalue weighted by molar-refractivity contribution is 5.77. The predicted octanol–water partition coefficient (Wildman–Crippen LogP) is 3.73. The van der Waals surface area contributed by atoms with Gasteiger partial charge in [-0.1, -0.05) is 54.6 Å². The maximum absolute atomic E-state index is 12.9. The van der Waals surface area contributed by atoms with Crippen molar-refractivity contribution in [1.82, 2.24) is 15.1 Å². The van der Waals surface area contributed by atoms with Crippen LogP contribution in [0, 0.1) is 0 Å². The summed E-state index contributed by atoms with van der Waals surface area (Å²) >= 11 is 0. The smallest absolute Gasteiger partial charge is 0.410 e. The van der Waals surface area contributed by atoms with Crippen molar-refractivity contribution in [2.24, 2.45) is 0 Å². The van der Waals surface area contributed by atoms with E-state index in [2.05, 4.69) is 5.32 Å². The zero-order valence-electron chi connectivity index (χ0n) is 22.0. The molecule has 2 aromatic carbocycles. The lowest BCUT2D eigenvalue weighted by Gasteiger charge is -2.41. The number of nitrogens with zero attached hydrogens (tertiary/aromatic N) is 2. The minimum Gasteiger partial charge on any atom is -0.481 e. The molecule has 0 radical (unpaired) electrons. The molecule has 0 aromatic heterocycles. The lowest BCUT2D eigenvalue weighted by Crippen LogP contribution is -2.52. The Hall–Kier alpha value is -3.43. The zero-order chi connectivity index (χ0) is 27.1. The summed E-state index contributed by atoms with van der Waals surface area (Å²) in [6.45, 7) is 5.08. The highest BCUT2D eigenvalue weighted by atomic mass is 16.6. The van der Waals surface area contributed by atoms with E-state index >= 15 is 0 Å². The van der Waals surface area contributed by atoms with Gasteiger partial charge in [-0.05, 0) is 49.8 Å². The molecule has 0 aliphatic carbocycles. The maximum Gasteiger partial charge on any atom is 0.410 e. The Bertz CT molecular complexity index is 1100. The SMILES string of the molecule is CC1CC(OCC(=O)NC2c3ccccc3CCN2CCC(=O)O)CC(C)N1C(=O)OCc1ccccc1. The molecule has 1 fully saturated rings. The zero-order valence-corrected chi connectivity index (χ0v) is 22.0. The number of ether oxygens (including phenoxy) is 2. The number of piperidine rings is 1. The molecule has 2 amide bonds. The fourth-order valence-corrected chi connectivity index (χ4v) is 5.46. The van der Waals surface area contributed by atoms with Gasteiger partial charge in [0.2, 0.25) is 5.91 Å². The first-order valence-corrected chi connectivity index (χ1v) is 13.3. The van der Waals surface area contributed by atoms with E-state index in [1.165, 1.54) is 0 Å². The number of nitrogens with one attached hydrogen (secondary N) is 1. The van der Waals surface area contributed by atoms with Gasteiger partial charge >= 0.3 is 12.1 Å². The number of carboxylic acids is 1. The van der Waals surface area contributed by atoms with Gasteiger partial charge in [0.25, 0.3) is 0 Å². The first-order valence-electron chi connectivity index (χ1n) is 13.3. The van der Waals surface area contributed by atoms with Crippen molar-refractivity contribution in [2.75, 3.05) is 19.7 Å². The van der Waals surface area contributed by atoms with E-state index in [-0.39, 0.29) is 49.8 Å². The summed E-state index contributed by atoms with van der Waals surface area (Å²) < 4.78 is 11.5. The molecule has 0 spiro atoms. The summed E-state index contributed by atoms with van der Waals surface area (Å²) in [5, 5.41) is 12.2. The Balaban J connectivity index is 1.29. The van der Waals surface area contributed by atoms with Crippen molar-refractivity contribution >= 4 is 18.0 Å². The van der Waals surface area contributed by atoms with Crippen LogP contribution in [0.3, 0.4) is 0 Å². The Morgan fingerprint density at radius 1 is 1.00 bits per heavy atom. The van der Waals surface area contributed by atoms with Crippen LogP contribution in [0.4, 0.5) is 4.79 Å². The first-order chi connectivity index (χ1) is 18.3. The quantitative estimate of drug-likeness (QED) is 0.516. The minimum absolute atomic E-state index is 0.00711. The molecule has 2 aliphatic heterocycles. The standard InChI is InChI=1S/C29H37N3O6/c1-20-16-24(17-21(2)32(20)29(36)38-18-22-8-4-3-5-9-22)37-19-26(33)30-28-25-11-7-6-10-23(25)12-14-31(28)15-13-27(34)35/h3-11,20-21,24,28H,12-19H2,1-2H3,(H,30,33)(H,34,35). The number of hydrogen-bond acceptors (Lipinski definition) is 6. The molecule has 3 unspecified atom stereocenters. The Morgan fingerprint density at radius 3 is 2.39 bits per heavy atom. The number of aliphatic carboxylic acids is 1. The summed E-state index contributed by atoms with van der Waals surface area (Å²) in [5.74, 6) is -1.12. The van der Waals surface area contributed by atoms with Crippen molar-refractivity contribution in [3.8, 4) is 0 Å². The lowest BCUT2D eigenvalue weighted by atomic mass is 9.95. The Kier molecular flexibility index (Phi) is 9.36. The summed E-state index contributed by atoms with van der Waals surface area (Å²) in [6.07, 6.45) is 1.13. The highest BCUT2D eigenvalue weighted by Crippen LogP contribution is 2.29. The van der Waals surface area contributed by atoms with E-state index in [0.29, 0.717) is 25.9 Å². The van der Waals surface area contributed by atoms with E-state index in [4.69, 9.17) is 14.6 Å². The number of hydrogen-bond donors (Lipinski definition) is 2. The highest BCUT2D eigenvalue weighted by Gasteiger charge is 2.36. The van der Waals surface area contributed by atoms with Gasteiger partial charge in [0.1, 0.15) is 19.4 Å². The third kappa shape index (κ3) is 7.11. The van der Waals surface area contributed by atoms with Crippen LogP contribution in [0.15, 0.2) is 54.6 Å². The monoisotopic (exact) mass is 523 g/mol. The minimum atomic E-state index is -0.865. The molecule has 2 N–H and O–H groups in total.